The number of hydrogen-bond acceptors (Lipinski definition) is 2. The first kappa shape index (κ1) is 31.5. The van der Waals surface area contributed by atoms with Crippen LogP contribution in [0.4, 0.5) is 0 Å². The molecule has 0 fully saturated rings. The molecule has 0 saturated carbocycles. The van der Waals surface area contributed by atoms with E-state index >= 15 is 0 Å². The normalized spacial score (nSPS) is 11.6. The molecule has 10 aromatic rings. The van der Waals surface area contributed by atoms with Crippen molar-refractivity contribution in [2.24, 2.45) is 0 Å². The van der Waals surface area contributed by atoms with Gasteiger partial charge in [-0.3, -0.25) is 9.36 Å². The summed E-state index contributed by atoms with van der Waals surface area (Å²) in [5.74, 6) is 0. The monoisotopic (exact) mass is 691 g/mol. The van der Waals surface area contributed by atoms with Crippen LogP contribution in [0.2, 0.25) is 0 Å². The highest BCUT2D eigenvalue weighted by atomic mass is 16.3. The fourth-order valence-corrected chi connectivity index (χ4v) is 8.41. The van der Waals surface area contributed by atoms with Gasteiger partial charge in [-0.25, -0.2) is 0 Å². The molecule has 0 amide bonds. The summed E-state index contributed by atoms with van der Waals surface area (Å²) >= 11 is 0. The molecule has 3 nitrogen and oxygen atoms in total. The zero-order valence-electron chi connectivity index (χ0n) is 29.4. The van der Waals surface area contributed by atoms with Crippen LogP contribution in [0.15, 0.2) is 186 Å². The molecule has 0 N–H and O–H groups in total. The fraction of sp³-hybridized carbons (Fsp3) is 0. The largest absolute Gasteiger partial charge is 0.455 e. The minimum atomic E-state index is -0.0358. The second kappa shape index (κ2) is 12.5. The molecule has 2 heterocycles. The Morgan fingerprint density at radius 1 is 0.463 bits per heavy atom. The molecule has 0 spiro atoms. The molecule has 254 valence electrons. The topological polar surface area (TPSA) is 35.1 Å². The van der Waals surface area contributed by atoms with Gasteiger partial charge in [0.2, 0.25) is 0 Å². The van der Waals surface area contributed by atoms with Crippen molar-refractivity contribution in [3.05, 3.63) is 198 Å². The number of nitrogens with zero attached hydrogens (tertiary/aromatic N) is 1. The van der Waals surface area contributed by atoms with E-state index in [9.17, 15) is 4.79 Å². The zero-order chi connectivity index (χ0) is 36.3. The minimum Gasteiger partial charge on any atom is -0.455 e. The summed E-state index contributed by atoms with van der Waals surface area (Å²) in [6.07, 6.45) is 3.89. The van der Waals surface area contributed by atoms with Crippen molar-refractivity contribution in [1.29, 1.82) is 0 Å². The highest BCUT2D eigenvalue weighted by molar-refractivity contribution is 6.13. The molecule has 3 heteroatoms. The maximum absolute atomic E-state index is 14.0. The lowest BCUT2D eigenvalue weighted by Gasteiger charge is -2.21. The average molecular weight is 692 g/mol. The van der Waals surface area contributed by atoms with Gasteiger partial charge >= 0.3 is 0 Å². The summed E-state index contributed by atoms with van der Waals surface area (Å²) in [6, 6.07) is 56.1. The maximum Gasteiger partial charge on any atom is 0.263 e. The van der Waals surface area contributed by atoms with Crippen LogP contribution in [-0.2, 0) is 0 Å². The molecule has 0 atom stereocenters. The number of hydrogen-bond donors (Lipinski definition) is 0. The van der Waals surface area contributed by atoms with Crippen LogP contribution in [0.5, 0.6) is 0 Å². The molecular weight excluding hydrogens is 659 g/mol. The summed E-state index contributed by atoms with van der Waals surface area (Å²) in [6.45, 7) is 8.65. The van der Waals surface area contributed by atoms with Gasteiger partial charge < -0.3 is 4.42 Å². The molecule has 8 aromatic carbocycles. The Bertz CT molecular complexity index is 3210. The number of benzene rings is 8. The first-order valence-corrected chi connectivity index (χ1v) is 18.1. The third-order valence-corrected chi connectivity index (χ3v) is 10.8. The van der Waals surface area contributed by atoms with Gasteiger partial charge in [0.1, 0.15) is 11.2 Å². The van der Waals surface area contributed by atoms with E-state index < -0.39 is 0 Å². The molecule has 2 aromatic heterocycles. The van der Waals surface area contributed by atoms with Gasteiger partial charge in [0, 0.05) is 32.8 Å². The molecular formula is C51H33NO2. The van der Waals surface area contributed by atoms with Crippen LogP contribution >= 0.6 is 0 Å². The molecule has 10 rings (SSSR count). The lowest BCUT2D eigenvalue weighted by atomic mass is 9.83. The Morgan fingerprint density at radius 2 is 1.02 bits per heavy atom. The van der Waals surface area contributed by atoms with E-state index in [2.05, 4.69) is 110 Å². The number of fused-ring (bicyclic) bond motifs is 7. The van der Waals surface area contributed by atoms with Crippen molar-refractivity contribution in [1.82, 2.24) is 4.57 Å². The lowest BCUT2D eigenvalue weighted by molar-refractivity contribution is 0.670. The Morgan fingerprint density at radius 3 is 1.74 bits per heavy atom. The first-order chi connectivity index (χ1) is 26.6. The highest BCUT2D eigenvalue weighted by Gasteiger charge is 2.20. The lowest BCUT2D eigenvalue weighted by Crippen LogP contribution is -2.19. The molecule has 0 radical (unpaired) electrons. The van der Waals surface area contributed by atoms with Crippen LogP contribution in [0.1, 0.15) is 11.1 Å². The first-order valence-electron chi connectivity index (χ1n) is 18.1. The molecule has 0 aliphatic heterocycles. The second-order valence-electron chi connectivity index (χ2n) is 13.6. The van der Waals surface area contributed by atoms with Gasteiger partial charge in [0.25, 0.3) is 5.56 Å². The van der Waals surface area contributed by atoms with Crippen molar-refractivity contribution in [2.45, 2.75) is 0 Å². The maximum atomic E-state index is 14.0. The summed E-state index contributed by atoms with van der Waals surface area (Å²) in [5.41, 5.74) is 11.9. The van der Waals surface area contributed by atoms with Crippen LogP contribution in [0, 0.1) is 0 Å². The fourth-order valence-electron chi connectivity index (χ4n) is 8.41. The van der Waals surface area contributed by atoms with Crippen molar-refractivity contribution in [3.8, 4) is 39.1 Å². The van der Waals surface area contributed by atoms with E-state index in [1.54, 1.807) is 0 Å². The van der Waals surface area contributed by atoms with Gasteiger partial charge in [0.15, 0.2) is 0 Å². The summed E-state index contributed by atoms with van der Waals surface area (Å²) in [7, 11) is 0. The molecule has 0 saturated heterocycles. The number of furan rings is 1. The van der Waals surface area contributed by atoms with Gasteiger partial charge in [0.05, 0.1) is 5.52 Å². The summed E-state index contributed by atoms with van der Waals surface area (Å²) < 4.78 is 8.26. The van der Waals surface area contributed by atoms with Gasteiger partial charge in [-0.05, 0) is 91.5 Å². The summed E-state index contributed by atoms with van der Waals surface area (Å²) in [5, 5.41) is 7.15. The van der Waals surface area contributed by atoms with Crippen LogP contribution < -0.4 is 5.56 Å². The average Bonchev–Trinajstić information content (AvgIpc) is 3.62. The van der Waals surface area contributed by atoms with E-state index in [0.717, 1.165) is 99.2 Å². The van der Waals surface area contributed by atoms with Crippen LogP contribution in [-0.4, -0.2) is 4.57 Å². The number of pyridine rings is 1. The van der Waals surface area contributed by atoms with Crippen molar-refractivity contribution < 1.29 is 4.42 Å². The molecule has 0 bridgehead atoms. The smallest absolute Gasteiger partial charge is 0.263 e. The van der Waals surface area contributed by atoms with E-state index in [1.807, 2.05) is 83.4 Å². The van der Waals surface area contributed by atoms with Gasteiger partial charge in [-0.15, -0.1) is 0 Å². The Hall–Kier alpha value is -7.23. The van der Waals surface area contributed by atoms with E-state index in [0.29, 0.717) is 5.39 Å². The molecule has 54 heavy (non-hydrogen) atoms. The van der Waals surface area contributed by atoms with Gasteiger partial charge in [-0.1, -0.05) is 153 Å². The quantitative estimate of drug-likeness (QED) is 0.163. The number of rotatable bonds is 6. The van der Waals surface area contributed by atoms with E-state index in [4.69, 9.17) is 4.42 Å². The zero-order valence-corrected chi connectivity index (χ0v) is 29.4. The van der Waals surface area contributed by atoms with Gasteiger partial charge in [-0.2, -0.15) is 0 Å². The predicted molar refractivity (Wildman–Crippen MR) is 228 cm³/mol. The van der Waals surface area contributed by atoms with Crippen molar-refractivity contribution in [3.63, 3.8) is 0 Å². The van der Waals surface area contributed by atoms with E-state index in [-0.39, 0.29) is 5.56 Å². The standard InChI is InChI=1S/C51H33NO2/c1-3-36-37(4-2)49(34-16-13-15-33(31-34)38-23-14-24-44-41-19-10-12-26-47(41)54-50(38)44)43-21-7-6-20-42(43)48(36)32-27-29-35(30-28-32)52-46-25-11-9-18-40(46)39-17-5-8-22-45(39)51(52)53/h3-31H,1-2H2. The Balaban J connectivity index is 1.15. The Kier molecular flexibility index (Phi) is 7.27. The van der Waals surface area contributed by atoms with Crippen LogP contribution in [0.3, 0.4) is 0 Å². The third-order valence-electron chi connectivity index (χ3n) is 10.8. The highest BCUT2D eigenvalue weighted by Crippen LogP contribution is 2.45. The third kappa shape index (κ3) is 4.72. The number of aromatic nitrogens is 1. The molecule has 0 aliphatic carbocycles. The number of para-hydroxylation sites is 3. The Labute approximate surface area is 312 Å². The molecule has 0 aliphatic rings. The minimum absolute atomic E-state index is 0.0358. The van der Waals surface area contributed by atoms with Crippen molar-refractivity contribution in [2.75, 3.05) is 0 Å². The van der Waals surface area contributed by atoms with E-state index in [1.165, 1.54) is 0 Å². The molecule has 0 unspecified atom stereocenters. The SMILES string of the molecule is C=Cc1c(C=C)c(-c2cccc(-c3cccc4c3oc3ccccc34)c2)c2ccccc2c1-c1ccc(-n2c(=O)c3ccccc3c3ccccc32)cc1. The second-order valence-corrected chi connectivity index (χ2v) is 13.6. The predicted octanol–water partition coefficient (Wildman–Crippen LogP) is 13.5. The summed E-state index contributed by atoms with van der Waals surface area (Å²) in [4.78, 5) is 14.0. The van der Waals surface area contributed by atoms with Crippen LogP contribution in [0.25, 0.3) is 106 Å². The van der Waals surface area contributed by atoms with Crippen molar-refractivity contribution >= 4 is 66.5 Å².